The molecule has 1 aromatic rings. The van der Waals surface area contributed by atoms with Gasteiger partial charge < -0.3 is 19.9 Å². The van der Waals surface area contributed by atoms with Gasteiger partial charge >= 0.3 is 5.97 Å². The van der Waals surface area contributed by atoms with Crippen molar-refractivity contribution in [3.05, 3.63) is 35.9 Å². The van der Waals surface area contributed by atoms with E-state index in [9.17, 15) is 4.79 Å². The second-order valence-corrected chi connectivity index (χ2v) is 5.30. The molecule has 23 heavy (non-hydrogen) atoms. The van der Waals surface area contributed by atoms with E-state index >= 15 is 0 Å². The average Bonchev–Trinajstić information content (AvgIpc) is 2.60. The summed E-state index contributed by atoms with van der Waals surface area (Å²) < 4.78 is 15.5. The quantitative estimate of drug-likeness (QED) is 0.346. The van der Waals surface area contributed by atoms with Crippen LogP contribution in [-0.2, 0) is 25.6 Å². The van der Waals surface area contributed by atoms with E-state index in [1.165, 1.54) is 7.11 Å². The van der Waals surface area contributed by atoms with Crippen LogP contribution < -0.4 is 11.1 Å². The summed E-state index contributed by atoms with van der Waals surface area (Å²) in [6.45, 7) is 1.28. The van der Waals surface area contributed by atoms with Crippen molar-refractivity contribution >= 4 is 5.97 Å². The lowest BCUT2D eigenvalue weighted by Gasteiger charge is -2.17. The van der Waals surface area contributed by atoms with Gasteiger partial charge in [-0.25, -0.2) is 0 Å². The summed E-state index contributed by atoms with van der Waals surface area (Å²) in [6, 6.07) is 9.43. The van der Waals surface area contributed by atoms with E-state index in [4.69, 9.17) is 15.2 Å². The maximum absolute atomic E-state index is 11.2. The second-order valence-electron chi connectivity index (χ2n) is 5.30. The minimum Gasteiger partial charge on any atom is -0.468 e. The minimum absolute atomic E-state index is 0.350. The third-order valence-electron chi connectivity index (χ3n) is 3.47. The first kappa shape index (κ1) is 19.6. The Morgan fingerprint density at radius 3 is 2.57 bits per heavy atom. The van der Waals surface area contributed by atoms with E-state index in [2.05, 4.69) is 10.1 Å². The van der Waals surface area contributed by atoms with Gasteiger partial charge in [0.1, 0.15) is 6.04 Å². The van der Waals surface area contributed by atoms with Crippen molar-refractivity contribution in [2.24, 2.45) is 5.73 Å². The molecule has 0 aliphatic carbocycles. The lowest BCUT2D eigenvalue weighted by Crippen LogP contribution is -2.34. The van der Waals surface area contributed by atoms with Gasteiger partial charge in [0, 0.05) is 7.11 Å². The lowest BCUT2D eigenvalue weighted by molar-refractivity contribution is -0.150. The van der Waals surface area contributed by atoms with Gasteiger partial charge in [-0.3, -0.25) is 10.1 Å². The number of rotatable bonds is 12. The molecule has 6 heteroatoms. The van der Waals surface area contributed by atoms with Crippen LogP contribution in [0.15, 0.2) is 30.3 Å². The molecule has 0 aromatic heterocycles. The van der Waals surface area contributed by atoms with Gasteiger partial charge in [0.15, 0.2) is 0 Å². The van der Waals surface area contributed by atoms with Crippen molar-refractivity contribution in [3.63, 3.8) is 0 Å². The summed E-state index contributed by atoms with van der Waals surface area (Å²) in [5, 5.41) is 3.19. The minimum atomic E-state index is -0.520. The van der Waals surface area contributed by atoms with Crippen LogP contribution in [-0.4, -0.2) is 39.2 Å². The number of ether oxygens (including phenoxy) is 3. The van der Waals surface area contributed by atoms with E-state index in [0.29, 0.717) is 13.0 Å². The zero-order chi connectivity index (χ0) is 16.9. The summed E-state index contributed by atoms with van der Waals surface area (Å²) in [5.41, 5.74) is 6.78. The maximum atomic E-state index is 11.2. The number of unbranched alkanes of at least 4 members (excludes halogenated alkanes) is 2. The number of methoxy groups -OCH3 is 2. The van der Waals surface area contributed by atoms with Crippen LogP contribution in [0.25, 0.3) is 0 Å². The third kappa shape index (κ3) is 8.66. The zero-order valence-electron chi connectivity index (χ0n) is 14.0. The van der Waals surface area contributed by atoms with Crippen LogP contribution in [0.2, 0.25) is 0 Å². The highest BCUT2D eigenvalue weighted by Crippen LogP contribution is 2.05. The Morgan fingerprint density at radius 2 is 1.91 bits per heavy atom. The molecule has 0 amide bonds. The fourth-order valence-corrected chi connectivity index (χ4v) is 2.11. The van der Waals surface area contributed by atoms with Crippen molar-refractivity contribution in [2.45, 2.75) is 44.7 Å². The predicted octanol–water partition coefficient (Wildman–Crippen LogP) is 1.78. The van der Waals surface area contributed by atoms with E-state index in [1.54, 1.807) is 7.11 Å². The van der Waals surface area contributed by atoms with Gasteiger partial charge in [0.05, 0.1) is 13.7 Å². The Kier molecular flexibility index (Phi) is 10.2. The van der Waals surface area contributed by atoms with Gasteiger partial charge in [-0.2, -0.15) is 0 Å². The van der Waals surface area contributed by atoms with Gasteiger partial charge in [0.25, 0.3) is 0 Å². The van der Waals surface area contributed by atoms with Gasteiger partial charge in [0.2, 0.25) is 6.41 Å². The molecule has 130 valence electrons. The number of carbonyl (C=O) groups excluding carboxylic acids is 1. The summed E-state index contributed by atoms with van der Waals surface area (Å²) in [4.78, 5) is 11.2. The summed E-state index contributed by atoms with van der Waals surface area (Å²) in [5.74, 6) is -0.350. The summed E-state index contributed by atoms with van der Waals surface area (Å²) >= 11 is 0. The number of esters is 1. The van der Waals surface area contributed by atoms with Crippen molar-refractivity contribution < 1.29 is 19.0 Å². The number of hydrogen-bond acceptors (Lipinski definition) is 6. The van der Waals surface area contributed by atoms with Crippen LogP contribution in [0.1, 0.15) is 31.2 Å². The van der Waals surface area contributed by atoms with Gasteiger partial charge in [-0.1, -0.05) is 43.2 Å². The fourth-order valence-electron chi connectivity index (χ4n) is 2.11. The van der Waals surface area contributed by atoms with Gasteiger partial charge in [-0.05, 0) is 24.9 Å². The number of hydrogen-bond donors (Lipinski definition) is 2. The molecule has 0 spiro atoms. The fraction of sp³-hybridized carbons (Fsp3) is 0.588. The Bertz CT molecular complexity index is 428. The highest BCUT2D eigenvalue weighted by Gasteiger charge is 2.12. The SMILES string of the molecule is COC(=O)C(N)CCCCCNC(OC)OCc1ccccc1. The summed E-state index contributed by atoms with van der Waals surface area (Å²) in [7, 11) is 2.96. The van der Waals surface area contributed by atoms with Crippen LogP contribution in [0.5, 0.6) is 0 Å². The van der Waals surface area contributed by atoms with E-state index in [-0.39, 0.29) is 5.97 Å². The molecule has 2 atom stereocenters. The first-order chi connectivity index (χ1) is 11.2. The van der Waals surface area contributed by atoms with Crippen molar-refractivity contribution in [2.75, 3.05) is 20.8 Å². The zero-order valence-corrected chi connectivity index (χ0v) is 14.0. The molecule has 0 saturated heterocycles. The summed E-state index contributed by atoms with van der Waals surface area (Å²) in [6.07, 6.45) is 3.05. The van der Waals surface area contributed by atoms with E-state index in [0.717, 1.165) is 31.4 Å². The monoisotopic (exact) mass is 324 g/mol. The molecule has 3 N–H and O–H groups in total. The number of nitrogens with one attached hydrogen (secondary N) is 1. The van der Waals surface area contributed by atoms with Crippen molar-refractivity contribution in [1.29, 1.82) is 0 Å². The molecular formula is C17H28N2O4. The topological polar surface area (TPSA) is 82.8 Å². The van der Waals surface area contributed by atoms with Crippen LogP contribution >= 0.6 is 0 Å². The van der Waals surface area contributed by atoms with E-state index < -0.39 is 12.5 Å². The molecule has 2 unspecified atom stereocenters. The van der Waals surface area contributed by atoms with Crippen LogP contribution in [0.4, 0.5) is 0 Å². The molecule has 1 rings (SSSR count). The molecule has 0 saturated carbocycles. The predicted molar refractivity (Wildman–Crippen MR) is 88.5 cm³/mol. The Balaban J connectivity index is 2.07. The van der Waals surface area contributed by atoms with E-state index in [1.807, 2.05) is 30.3 Å². The van der Waals surface area contributed by atoms with Crippen LogP contribution in [0.3, 0.4) is 0 Å². The standard InChI is InChI=1S/C17H28N2O4/c1-21-16(20)15(18)11-7-4-8-12-19-17(22-2)23-13-14-9-5-3-6-10-14/h3,5-6,9-10,15,17,19H,4,7-8,11-13,18H2,1-2H3. The largest absolute Gasteiger partial charge is 0.468 e. The Hall–Kier alpha value is -1.47. The molecule has 0 aliphatic rings. The molecule has 0 heterocycles. The Labute approximate surface area is 138 Å². The highest BCUT2D eigenvalue weighted by molar-refractivity contribution is 5.75. The van der Waals surface area contributed by atoms with Crippen molar-refractivity contribution in [1.82, 2.24) is 5.32 Å². The molecular weight excluding hydrogens is 296 g/mol. The molecule has 1 aromatic carbocycles. The molecule has 0 radical (unpaired) electrons. The highest BCUT2D eigenvalue weighted by atomic mass is 16.7. The smallest absolute Gasteiger partial charge is 0.322 e. The van der Waals surface area contributed by atoms with Crippen molar-refractivity contribution in [3.8, 4) is 0 Å². The number of nitrogens with two attached hydrogens (primary N) is 1. The van der Waals surface area contributed by atoms with Crippen LogP contribution in [0, 0.1) is 0 Å². The maximum Gasteiger partial charge on any atom is 0.322 e. The molecule has 0 fully saturated rings. The Morgan fingerprint density at radius 1 is 1.17 bits per heavy atom. The average molecular weight is 324 g/mol. The second kappa shape index (κ2) is 12.0. The first-order valence-corrected chi connectivity index (χ1v) is 7.92. The third-order valence-corrected chi connectivity index (χ3v) is 3.47. The molecule has 0 aliphatic heterocycles. The molecule has 0 bridgehead atoms. The van der Waals surface area contributed by atoms with Gasteiger partial charge in [-0.15, -0.1) is 0 Å². The lowest BCUT2D eigenvalue weighted by atomic mass is 10.1. The first-order valence-electron chi connectivity index (χ1n) is 7.92. The number of benzene rings is 1. The molecule has 6 nitrogen and oxygen atoms in total. The normalized spacial score (nSPS) is 13.5. The number of carbonyl (C=O) groups is 1.